The Morgan fingerprint density at radius 3 is 2.55 bits per heavy atom. The minimum Gasteiger partial charge on any atom is -0.388 e. The van der Waals surface area contributed by atoms with Crippen LogP contribution in [0, 0.1) is 0 Å². The van der Waals surface area contributed by atoms with Gasteiger partial charge in [-0.1, -0.05) is 0 Å². The summed E-state index contributed by atoms with van der Waals surface area (Å²) in [5, 5.41) is 2.96. The first-order chi connectivity index (χ1) is 5.04. The molecule has 0 spiro atoms. The van der Waals surface area contributed by atoms with E-state index in [4.69, 9.17) is 4.55 Å². The van der Waals surface area contributed by atoms with E-state index in [1.807, 2.05) is 13.8 Å². The molecule has 5 heteroatoms. The molecule has 0 saturated heterocycles. The molecule has 0 aliphatic carbocycles. The second-order valence-corrected chi connectivity index (χ2v) is 3.45. The molecule has 0 aliphatic heterocycles. The number of rotatable bonds is 4. The first-order valence-electron chi connectivity index (χ1n) is 3.30. The van der Waals surface area contributed by atoms with Gasteiger partial charge in [-0.3, -0.25) is 8.86 Å². The fourth-order valence-electron chi connectivity index (χ4n) is 0.393. The van der Waals surface area contributed by atoms with Crippen LogP contribution in [0.2, 0.25) is 0 Å². The van der Waals surface area contributed by atoms with Crippen molar-refractivity contribution >= 4 is 11.3 Å². The van der Waals surface area contributed by atoms with E-state index in [9.17, 15) is 4.21 Å². The number of nitrogens with zero attached hydrogens (tertiary/aromatic N) is 1. The topological polar surface area (TPSA) is 52.6 Å². The van der Waals surface area contributed by atoms with E-state index in [1.54, 1.807) is 6.20 Å². The second kappa shape index (κ2) is 5.15. The highest BCUT2D eigenvalue weighted by molar-refractivity contribution is 7.76. The maximum absolute atomic E-state index is 10.3. The first-order valence-corrected chi connectivity index (χ1v) is 4.37. The highest BCUT2D eigenvalue weighted by atomic mass is 32.2. The van der Waals surface area contributed by atoms with E-state index in [2.05, 4.69) is 5.32 Å². The summed E-state index contributed by atoms with van der Waals surface area (Å²) in [4.78, 5) is 0. The van der Waals surface area contributed by atoms with E-state index >= 15 is 0 Å². The molecule has 11 heavy (non-hydrogen) atoms. The van der Waals surface area contributed by atoms with E-state index in [-0.39, 0.29) is 0 Å². The third-order valence-electron chi connectivity index (χ3n) is 0.960. The maximum Gasteiger partial charge on any atom is 0.261 e. The predicted octanol–water partition coefficient (Wildman–Crippen LogP) is 0.524. The quantitative estimate of drug-likeness (QED) is 0.617. The largest absolute Gasteiger partial charge is 0.388 e. The van der Waals surface area contributed by atoms with Gasteiger partial charge < -0.3 is 5.32 Å². The SMILES string of the molecule is CC(C)N/C=C\N(C)S(=O)O. The van der Waals surface area contributed by atoms with Gasteiger partial charge in [-0.2, -0.15) is 0 Å². The Balaban J connectivity index is 3.65. The van der Waals surface area contributed by atoms with Crippen molar-refractivity contribution in [3.05, 3.63) is 12.4 Å². The van der Waals surface area contributed by atoms with Crippen molar-refractivity contribution in [2.24, 2.45) is 0 Å². The summed E-state index contributed by atoms with van der Waals surface area (Å²) in [6.45, 7) is 3.97. The van der Waals surface area contributed by atoms with Crippen molar-refractivity contribution in [1.82, 2.24) is 9.62 Å². The molecule has 1 unspecified atom stereocenters. The van der Waals surface area contributed by atoms with Gasteiger partial charge in [0.15, 0.2) is 0 Å². The molecular formula is C6H14N2O2S. The standard InChI is InChI=1S/C6H14N2O2S/c1-6(2)7-4-5-8(3)11(9)10/h4-7H,1-3H3,(H,9,10)/b5-4-. The average Bonchev–Trinajstić information content (AvgIpc) is 1.86. The Labute approximate surface area is 69.7 Å². The van der Waals surface area contributed by atoms with Crippen LogP contribution in [0.15, 0.2) is 12.4 Å². The van der Waals surface area contributed by atoms with Crippen LogP contribution < -0.4 is 5.32 Å². The van der Waals surface area contributed by atoms with Gasteiger partial charge in [-0.25, -0.2) is 4.21 Å². The van der Waals surface area contributed by atoms with Gasteiger partial charge in [0, 0.05) is 25.5 Å². The van der Waals surface area contributed by atoms with E-state index < -0.39 is 11.3 Å². The molecule has 66 valence electrons. The molecular weight excluding hydrogens is 164 g/mol. The normalized spacial score (nSPS) is 13.9. The summed E-state index contributed by atoms with van der Waals surface area (Å²) in [5.41, 5.74) is 0. The van der Waals surface area contributed by atoms with E-state index in [0.717, 1.165) is 0 Å². The maximum atomic E-state index is 10.3. The van der Waals surface area contributed by atoms with Crippen molar-refractivity contribution in [3.8, 4) is 0 Å². The van der Waals surface area contributed by atoms with Crippen LogP contribution in [0.5, 0.6) is 0 Å². The zero-order valence-corrected chi connectivity index (χ0v) is 7.76. The number of nitrogens with one attached hydrogen (secondary N) is 1. The fraction of sp³-hybridized carbons (Fsp3) is 0.667. The number of hydrogen-bond acceptors (Lipinski definition) is 2. The Kier molecular flexibility index (Phi) is 4.89. The van der Waals surface area contributed by atoms with Gasteiger partial charge in [0.05, 0.1) is 0 Å². The lowest BCUT2D eigenvalue weighted by Crippen LogP contribution is -2.19. The molecule has 1 atom stereocenters. The van der Waals surface area contributed by atoms with E-state index in [0.29, 0.717) is 6.04 Å². The second-order valence-electron chi connectivity index (χ2n) is 2.41. The zero-order chi connectivity index (χ0) is 8.85. The van der Waals surface area contributed by atoms with Gasteiger partial charge in [0.25, 0.3) is 11.3 Å². The molecule has 0 aromatic carbocycles. The van der Waals surface area contributed by atoms with Crippen LogP contribution >= 0.6 is 0 Å². The Bertz CT molecular complexity index is 159. The molecule has 0 saturated carbocycles. The van der Waals surface area contributed by atoms with Crippen molar-refractivity contribution in [1.29, 1.82) is 0 Å². The lowest BCUT2D eigenvalue weighted by Gasteiger charge is -2.08. The van der Waals surface area contributed by atoms with Crippen LogP contribution in [0.4, 0.5) is 0 Å². The minimum absolute atomic E-state index is 0.340. The first kappa shape index (κ1) is 10.4. The van der Waals surface area contributed by atoms with Crippen molar-refractivity contribution < 1.29 is 8.76 Å². The van der Waals surface area contributed by atoms with Crippen LogP contribution in [0.25, 0.3) is 0 Å². The van der Waals surface area contributed by atoms with Gasteiger partial charge in [-0.15, -0.1) is 0 Å². The zero-order valence-electron chi connectivity index (χ0n) is 6.94. The predicted molar refractivity (Wildman–Crippen MR) is 45.9 cm³/mol. The number of hydrogen-bond donors (Lipinski definition) is 2. The molecule has 0 aromatic rings. The molecule has 0 heterocycles. The molecule has 0 bridgehead atoms. The Hall–Kier alpha value is -0.550. The summed E-state index contributed by atoms with van der Waals surface area (Å²) in [6.07, 6.45) is 3.15. The fourth-order valence-corrected chi connectivity index (χ4v) is 0.557. The Morgan fingerprint density at radius 1 is 1.64 bits per heavy atom. The van der Waals surface area contributed by atoms with Crippen LogP contribution in [-0.4, -0.2) is 26.2 Å². The molecule has 0 aliphatic rings. The van der Waals surface area contributed by atoms with Crippen molar-refractivity contribution in [2.75, 3.05) is 7.05 Å². The summed E-state index contributed by atoms with van der Waals surface area (Å²) in [5.74, 6) is 0. The molecule has 0 rings (SSSR count). The average molecular weight is 178 g/mol. The van der Waals surface area contributed by atoms with Gasteiger partial charge in [0.2, 0.25) is 0 Å². The molecule has 4 nitrogen and oxygen atoms in total. The highest BCUT2D eigenvalue weighted by Gasteiger charge is 1.94. The van der Waals surface area contributed by atoms with Gasteiger partial charge in [-0.05, 0) is 13.8 Å². The summed E-state index contributed by atoms with van der Waals surface area (Å²) < 4.78 is 20.0. The summed E-state index contributed by atoms with van der Waals surface area (Å²) in [7, 11) is 1.52. The monoisotopic (exact) mass is 178 g/mol. The summed E-state index contributed by atoms with van der Waals surface area (Å²) >= 11 is -1.92. The minimum atomic E-state index is -1.92. The smallest absolute Gasteiger partial charge is 0.261 e. The molecule has 0 aromatic heterocycles. The molecule has 0 radical (unpaired) electrons. The third kappa shape index (κ3) is 5.87. The van der Waals surface area contributed by atoms with Crippen LogP contribution in [-0.2, 0) is 11.3 Å². The van der Waals surface area contributed by atoms with Crippen LogP contribution in [0.3, 0.4) is 0 Å². The third-order valence-corrected chi connectivity index (χ3v) is 1.57. The lowest BCUT2D eigenvalue weighted by molar-refractivity contribution is 0.505. The molecule has 0 amide bonds. The lowest BCUT2D eigenvalue weighted by atomic mass is 10.4. The van der Waals surface area contributed by atoms with Gasteiger partial charge in [0.1, 0.15) is 0 Å². The van der Waals surface area contributed by atoms with Crippen molar-refractivity contribution in [3.63, 3.8) is 0 Å². The highest BCUT2D eigenvalue weighted by Crippen LogP contribution is 1.86. The Morgan fingerprint density at radius 2 is 2.18 bits per heavy atom. The molecule has 0 fully saturated rings. The van der Waals surface area contributed by atoms with Crippen molar-refractivity contribution in [2.45, 2.75) is 19.9 Å². The van der Waals surface area contributed by atoms with Crippen LogP contribution in [0.1, 0.15) is 13.8 Å². The summed E-state index contributed by atoms with van der Waals surface area (Å²) in [6, 6.07) is 0.340. The van der Waals surface area contributed by atoms with E-state index in [1.165, 1.54) is 17.6 Å². The van der Waals surface area contributed by atoms with Gasteiger partial charge >= 0.3 is 0 Å². The molecule has 2 N–H and O–H groups in total.